The van der Waals surface area contributed by atoms with Gasteiger partial charge in [-0.2, -0.15) is 0 Å². The third-order valence-corrected chi connectivity index (χ3v) is 2.25. The molecule has 3 atom stereocenters. The molecule has 1 aliphatic carbocycles. The minimum Gasteiger partial charge on any atom is -0.246 e. The van der Waals surface area contributed by atoms with Gasteiger partial charge in [0.2, 0.25) is 0 Å². The third-order valence-electron chi connectivity index (χ3n) is 2.25. The molecule has 0 amide bonds. The lowest BCUT2D eigenvalue weighted by Gasteiger charge is -2.25. The molecule has 0 aromatic heterocycles. The first kappa shape index (κ1) is 7.60. The topological polar surface area (TPSA) is 0 Å². The third kappa shape index (κ3) is 1.50. The minimum atomic E-state index is -0.742. The highest BCUT2D eigenvalue weighted by Gasteiger charge is 2.26. The molecular weight excluding hydrogens is 127 g/mol. The Balaban J connectivity index is 2.45. The van der Waals surface area contributed by atoms with E-state index in [-0.39, 0.29) is 5.92 Å². The Morgan fingerprint density at radius 2 is 2.20 bits per heavy atom. The molecule has 0 aromatic carbocycles. The lowest BCUT2D eigenvalue weighted by molar-refractivity contribution is 0.167. The van der Waals surface area contributed by atoms with Crippen LogP contribution in [0.5, 0.6) is 0 Å². The van der Waals surface area contributed by atoms with Crippen molar-refractivity contribution in [2.45, 2.75) is 32.4 Å². The molecule has 0 heterocycles. The van der Waals surface area contributed by atoms with Gasteiger partial charge < -0.3 is 0 Å². The second-order valence-corrected chi connectivity index (χ2v) is 3.21. The van der Waals surface area contributed by atoms with E-state index in [1.807, 2.05) is 0 Å². The molecule has 1 rings (SSSR count). The van der Waals surface area contributed by atoms with Gasteiger partial charge in [-0.05, 0) is 25.2 Å². The van der Waals surface area contributed by atoms with E-state index in [0.29, 0.717) is 12.3 Å². The number of rotatable bonds is 0. The zero-order valence-corrected chi connectivity index (χ0v) is 6.31. The molecule has 0 saturated heterocycles. The monoisotopic (exact) mass is 140 g/mol. The first-order valence-corrected chi connectivity index (χ1v) is 3.84. The molecule has 0 aromatic rings. The van der Waals surface area contributed by atoms with Crippen LogP contribution in [-0.2, 0) is 0 Å². The van der Waals surface area contributed by atoms with Crippen molar-refractivity contribution in [3.8, 4) is 12.3 Å². The van der Waals surface area contributed by atoms with Crippen LogP contribution in [0.2, 0.25) is 0 Å². The summed E-state index contributed by atoms with van der Waals surface area (Å²) in [5, 5.41) is 0. The summed E-state index contributed by atoms with van der Waals surface area (Å²) in [6.07, 6.45) is 7.04. The number of terminal acetylenes is 1. The van der Waals surface area contributed by atoms with Gasteiger partial charge in [-0.3, -0.25) is 0 Å². The first-order valence-electron chi connectivity index (χ1n) is 3.84. The lowest BCUT2D eigenvalue weighted by atomic mass is 9.82. The predicted octanol–water partition coefficient (Wildman–Crippen LogP) is 2.39. The maximum Gasteiger partial charge on any atom is 0.114 e. The number of hydrogen-bond donors (Lipinski definition) is 0. The van der Waals surface area contributed by atoms with Gasteiger partial charge in [0.15, 0.2) is 0 Å². The van der Waals surface area contributed by atoms with E-state index in [1.165, 1.54) is 0 Å². The quantitative estimate of drug-likeness (QED) is 0.453. The summed E-state index contributed by atoms with van der Waals surface area (Å²) < 4.78 is 13.0. The van der Waals surface area contributed by atoms with Crippen molar-refractivity contribution < 1.29 is 4.39 Å². The fraction of sp³-hybridized carbons (Fsp3) is 0.778. The van der Waals surface area contributed by atoms with Crippen LogP contribution in [0.15, 0.2) is 0 Å². The van der Waals surface area contributed by atoms with Gasteiger partial charge in [-0.15, -0.1) is 12.3 Å². The summed E-state index contributed by atoms with van der Waals surface area (Å²) in [4.78, 5) is 0. The second-order valence-electron chi connectivity index (χ2n) is 3.21. The fourth-order valence-corrected chi connectivity index (χ4v) is 1.50. The van der Waals surface area contributed by atoms with Crippen molar-refractivity contribution in [2.75, 3.05) is 0 Å². The van der Waals surface area contributed by atoms with Crippen molar-refractivity contribution in [2.24, 2.45) is 11.8 Å². The molecule has 0 N–H and O–H groups in total. The SMILES string of the molecule is C#CC1CCC(C)CC1F. The average molecular weight is 140 g/mol. The van der Waals surface area contributed by atoms with Gasteiger partial charge >= 0.3 is 0 Å². The molecule has 0 nitrogen and oxygen atoms in total. The van der Waals surface area contributed by atoms with Gasteiger partial charge in [0.1, 0.15) is 6.17 Å². The van der Waals surface area contributed by atoms with Crippen molar-refractivity contribution in [1.82, 2.24) is 0 Å². The molecule has 1 heteroatoms. The molecule has 1 aliphatic rings. The van der Waals surface area contributed by atoms with Gasteiger partial charge in [0, 0.05) is 0 Å². The summed E-state index contributed by atoms with van der Waals surface area (Å²) in [5.41, 5.74) is 0. The minimum absolute atomic E-state index is 0.101. The Hall–Kier alpha value is -0.510. The number of alkyl halides is 1. The normalized spacial score (nSPS) is 40.7. The van der Waals surface area contributed by atoms with Crippen LogP contribution in [0.1, 0.15) is 26.2 Å². The van der Waals surface area contributed by atoms with Crippen LogP contribution in [0.4, 0.5) is 4.39 Å². The highest BCUT2D eigenvalue weighted by molar-refractivity contribution is 4.99. The Kier molecular flexibility index (Phi) is 2.32. The maximum atomic E-state index is 13.0. The standard InChI is InChI=1S/C9H13F/c1-3-8-5-4-7(2)6-9(8)10/h1,7-9H,4-6H2,2H3. The smallest absolute Gasteiger partial charge is 0.114 e. The van der Waals surface area contributed by atoms with Crippen LogP contribution in [-0.4, -0.2) is 6.17 Å². The molecule has 1 saturated carbocycles. The van der Waals surface area contributed by atoms with E-state index >= 15 is 0 Å². The van der Waals surface area contributed by atoms with E-state index in [1.54, 1.807) is 0 Å². The van der Waals surface area contributed by atoms with E-state index in [4.69, 9.17) is 6.42 Å². The predicted molar refractivity (Wildman–Crippen MR) is 40.2 cm³/mol. The molecule has 0 aliphatic heterocycles. The molecule has 10 heavy (non-hydrogen) atoms. The number of hydrogen-bond acceptors (Lipinski definition) is 0. The summed E-state index contributed by atoms with van der Waals surface area (Å²) in [6, 6.07) is 0. The molecule has 56 valence electrons. The number of halogens is 1. The highest BCUT2D eigenvalue weighted by atomic mass is 19.1. The summed E-state index contributed by atoms with van der Waals surface area (Å²) >= 11 is 0. The summed E-state index contributed by atoms with van der Waals surface area (Å²) in [6.45, 7) is 2.08. The van der Waals surface area contributed by atoms with Gasteiger partial charge in [0.05, 0.1) is 5.92 Å². The molecular formula is C9H13F. The Morgan fingerprint density at radius 3 is 2.70 bits per heavy atom. The van der Waals surface area contributed by atoms with E-state index < -0.39 is 6.17 Å². The zero-order chi connectivity index (χ0) is 7.56. The van der Waals surface area contributed by atoms with E-state index in [9.17, 15) is 4.39 Å². The Morgan fingerprint density at radius 1 is 1.50 bits per heavy atom. The summed E-state index contributed by atoms with van der Waals surface area (Å²) in [7, 11) is 0. The van der Waals surface area contributed by atoms with Crippen LogP contribution in [0.3, 0.4) is 0 Å². The van der Waals surface area contributed by atoms with Crippen LogP contribution in [0, 0.1) is 24.2 Å². The maximum absolute atomic E-state index is 13.0. The van der Waals surface area contributed by atoms with Crippen molar-refractivity contribution >= 4 is 0 Å². The second kappa shape index (κ2) is 3.05. The lowest BCUT2D eigenvalue weighted by Crippen LogP contribution is -2.23. The first-order chi connectivity index (χ1) is 4.74. The van der Waals surface area contributed by atoms with Crippen molar-refractivity contribution in [3.05, 3.63) is 0 Å². The van der Waals surface area contributed by atoms with Gasteiger partial charge in [-0.1, -0.05) is 6.92 Å². The molecule has 0 bridgehead atoms. The summed E-state index contributed by atoms with van der Waals surface area (Å²) in [5.74, 6) is 2.93. The average Bonchev–Trinajstić information content (AvgIpc) is 1.88. The molecule has 3 unspecified atom stereocenters. The largest absolute Gasteiger partial charge is 0.246 e. The molecule has 0 radical (unpaired) electrons. The zero-order valence-electron chi connectivity index (χ0n) is 6.31. The molecule has 1 fully saturated rings. The van der Waals surface area contributed by atoms with Crippen molar-refractivity contribution in [3.63, 3.8) is 0 Å². The Labute approximate surface area is 61.8 Å². The highest BCUT2D eigenvalue weighted by Crippen LogP contribution is 2.30. The van der Waals surface area contributed by atoms with Crippen LogP contribution < -0.4 is 0 Å². The van der Waals surface area contributed by atoms with Crippen molar-refractivity contribution in [1.29, 1.82) is 0 Å². The van der Waals surface area contributed by atoms with Crippen LogP contribution in [0.25, 0.3) is 0 Å². The van der Waals surface area contributed by atoms with Gasteiger partial charge in [0.25, 0.3) is 0 Å². The molecule has 0 spiro atoms. The Bertz CT molecular complexity index is 145. The fourth-order valence-electron chi connectivity index (χ4n) is 1.50. The van der Waals surface area contributed by atoms with E-state index in [2.05, 4.69) is 12.8 Å². The van der Waals surface area contributed by atoms with Gasteiger partial charge in [-0.25, -0.2) is 4.39 Å². The van der Waals surface area contributed by atoms with E-state index in [0.717, 1.165) is 12.8 Å². The van der Waals surface area contributed by atoms with Crippen LogP contribution >= 0.6 is 0 Å².